The van der Waals surface area contributed by atoms with Crippen LogP contribution in [0.4, 0.5) is 0 Å². The summed E-state index contributed by atoms with van der Waals surface area (Å²) in [6.45, 7) is 8.49. The van der Waals surface area contributed by atoms with E-state index in [0.717, 1.165) is 6.42 Å². The van der Waals surface area contributed by atoms with Gasteiger partial charge in [0.25, 0.3) is 0 Å². The summed E-state index contributed by atoms with van der Waals surface area (Å²) in [5, 5.41) is 3.34. The van der Waals surface area contributed by atoms with Crippen LogP contribution in [0.5, 0.6) is 0 Å². The number of hydrogen-bond acceptors (Lipinski definition) is 4. The van der Waals surface area contributed by atoms with E-state index in [1.54, 1.807) is 4.90 Å². The van der Waals surface area contributed by atoms with Crippen LogP contribution >= 0.6 is 0 Å². The van der Waals surface area contributed by atoms with Gasteiger partial charge in [-0.1, -0.05) is 27.7 Å². The van der Waals surface area contributed by atoms with E-state index < -0.39 is 9.84 Å². The summed E-state index contributed by atoms with van der Waals surface area (Å²) in [6, 6.07) is -0.191. The second kappa shape index (κ2) is 6.22. The lowest BCUT2D eigenvalue weighted by Gasteiger charge is -2.25. The predicted octanol–water partition coefficient (Wildman–Crippen LogP) is 0.860. The maximum atomic E-state index is 12.3. The second-order valence-corrected chi connectivity index (χ2v) is 8.45. The average molecular weight is 290 g/mol. The zero-order chi connectivity index (χ0) is 14.8. The lowest BCUT2D eigenvalue weighted by Crippen LogP contribution is -2.40. The second-order valence-electron chi connectivity index (χ2n) is 6.20. The van der Waals surface area contributed by atoms with Gasteiger partial charge in [0.15, 0.2) is 0 Å². The van der Waals surface area contributed by atoms with Crippen molar-refractivity contribution in [3.63, 3.8) is 0 Å². The molecule has 0 bridgehead atoms. The zero-order valence-electron chi connectivity index (χ0n) is 12.5. The number of hydrogen-bond donors (Lipinski definition) is 1. The Labute approximate surface area is 116 Å². The summed E-state index contributed by atoms with van der Waals surface area (Å²) in [7, 11) is -3.05. The molecule has 5 nitrogen and oxygen atoms in total. The van der Waals surface area contributed by atoms with Gasteiger partial charge in [-0.25, -0.2) is 8.42 Å². The molecule has 1 fully saturated rings. The number of carbonyl (C=O) groups is 1. The van der Waals surface area contributed by atoms with Crippen LogP contribution in [0.15, 0.2) is 0 Å². The van der Waals surface area contributed by atoms with Crippen molar-refractivity contribution in [2.75, 3.05) is 18.6 Å². The van der Waals surface area contributed by atoms with E-state index in [-0.39, 0.29) is 36.3 Å². The highest BCUT2D eigenvalue weighted by molar-refractivity contribution is 7.90. The fraction of sp³-hybridized carbons (Fsp3) is 0.923. The van der Waals surface area contributed by atoms with Crippen LogP contribution in [-0.2, 0) is 14.6 Å². The minimum atomic E-state index is -3.05. The molecule has 1 rings (SSSR count). The molecule has 0 aromatic rings. The summed E-state index contributed by atoms with van der Waals surface area (Å²) in [6.07, 6.45) is 2.01. The van der Waals surface area contributed by atoms with Gasteiger partial charge >= 0.3 is 0 Å². The molecule has 1 amide bonds. The molecule has 0 spiro atoms. The van der Waals surface area contributed by atoms with E-state index >= 15 is 0 Å². The summed E-state index contributed by atoms with van der Waals surface area (Å²) in [4.78, 5) is 14.0. The van der Waals surface area contributed by atoms with Crippen molar-refractivity contribution in [1.29, 1.82) is 0 Å². The molecule has 0 aromatic carbocycles. The van der Waals surface area contributed by atoms with Crippen molar-refractivity contribution in [3.8, 4) is 0 Å². The molecule has 1 saturated heterocycles. The lowest BCUT2D eigenvalue weighted by molar-refractivity contribution is -0.130. The van der Waals surface area contributed by atoms with Gasteiger partial charge in [-0.3, -0.25) is 10.1 Å². The highest BCUT2D eigenvalue weighted by Crippen LogP contribution is 2.21. The first-order valence-corrected chi connectivity index (χ1v) is 8.92. The third-order valence-corrected chi connectivity index (χ3v) is 4.29. The van der Waals surface area contributed by atoms with Crippen LogP contribution in [0.25, 0.3) is 0 Å². The predicted molar refractivity (Wildman–Crippen MR) is 76.4 cm³/mol. The molecule has 0 aromatic heterocycles. The van der Waals surface area contributed by atoms with Crippen LogP contribution in [0.1, 0.15) is 34.1 Å². The highest BCUT2D eigenvalue weighted by Gasteiger charge is 2.40. The Hall–Kier alpha value is -0.620. The SMILES string of the molecule is CC(C)CC1NC(C(C)C)C(=O)N1CCS(C)(=O)=O. The topological polar surface area (TPSA) is 66.5 Å². The normalized spacial score (nSPS) is 24.8. The first-order valence-electron chi connectivity index (χ1n) is 6.86. The number of sulfone groups is 1. The van der Waals surface area contributed by atoms with Gasteiger partial charge < -0.3 is 4.90 Å². The summed E-state index contributed by atoms with van der Waals surface area (Å²) < 4.78 is 22.6. The Morgan fingerprint density at radius 3 is 2.26 bits per heavy atom. The Morgan fingerprint density at radius 2 is 1.84 bits per heavy atom. The minimum absolute atomic E-state index is 0.0276. The molecule has 1 heterocycles. The standard InChI is InChI=1S/C13H26N2O3S/c1-9(2)8-11-14-12(10(3)4)13(16)15(11)6-7-19(5,17)18/h9-12,14H,6-8H2,1-5H3. The van der Waals surface area contributed by atoms with Crippen molar-refractivity contribution in [1.82, 2.24) is 10.2 Å². The number of nitrogens with one attached hydrogen (secondary N) is 1. The molecular formula is C13H26N2O3S. The number of amides is 1. The molecule has 1 N–H and O–H groups in total. The van der Waals surface area contributed by atoms with Gasteiger partial charge in [-0.15, -0.1) is 0 Å². The molecule has 2 unspecified atom stereocenters. The van der Waals surface area contributed by atoms with Crippen molar-refractivity contribution in [2.24, 2.45) is 11.8 Å². The van der Waals surface area contributed by atoms with Crippen molar-refractivity contribution in [2.45, 2.75) is 46.3 Å². The Kier molecular flexibility index (Phi) is 5.38. The van der Waals surface area contributed by atoms with Crippen molar-refractivity contribution < 1.29 is 13.2 Å². The molecule has 1 aliphatic rings. The van der Waals surface area contributed by atoms with E-state index in [1.165, 1.54) is 6.26 Å². The zero-order valence-corrected chi connectivity index (χ0v) is 13.3. The molecule has 112 valence electrons. The van der Waals surface area contributed by atoms with Crippen LogP contribution in [0.2, 0.25) is 0 Å². The fourth-order valence-electron chi connectivity index (χ4n) is 2.35. The summed E-state index contributed by atoms with van der Waals surface area (Å²) >= 11 is 0. The summed E-state index contributed by atoms with van der Waals surface area (Å²) in [5.74, 6) is 0.728. The maximum absolute atomic E-state index is 12.3. The van der Waals surface area contributed by atoms with E-state index in [9.17, 15) is 13.2 Å². The number of nitrogens with zero attached hydrogens (tertiary/aromatic N) is 1. The Morgan fingerprint density at radius 1 is 1.26 bits per heavy atom. The van der Waals surface area contributed by atoms with Crippen LogP contribution in [-0.4, -0.2) is 50.0 Å². The molecule has 0 saturated carbocycles. The third-order valence-electron chi connectivity index (χ3n) is 3.36. The summed E-state index contributed by atoms with van der Waals surface area (Å²) in [5.41, 5.74) is 0. The molecule has 19 heavy (non-hydrogen) atoms. The van der Waals surface area contributed by atoms with Gasteiger partial charge in [0.1, 0.15) is 9.84 Å². The van der Waals surface area contributed by atoms with Gasteiger partial charge in [0.05, 0.1) is 18.0 Å². The van der Waals surface area contributed by atoms with Crippen LogP contribution in [0, 0.1) is 11.8 Å². The minimum Gasteiger partial charge on any atom is -0.325 e. The van der Waals surface area contributed by atoms with Crippen molar-refractivity contribution >= 4 is 15.7 Å². The molecule has 6 heteroatoms. The van der Waals surface area contributed by atoms with Crippen LogP contribution < -0.4 is 5.32 Å². The number of carbonyl (C=O) groups excluding carboxylic acids is 1. The van der Waals surface area contributed by atoms with E-state index in [4.69, 9.17) is 0 Å². The quantitative estimate of drug-likeness (QED) is 0.788. The van der Waals surface area contributed by atoms with Gasteiger partial charge in [-0.05, 0) is 18.3 Å². The average Bonchev–Trinajstić information content (AvgIpc) is 2.51. The maximum Gasteiger partial charge on any atom is 0.241 e. The van der Waals surface area contributed by atoms with Gasteiger partial charge in [0, 0.05) is 12.8 Å². The van der Waals surface area contributed by atoms with E-state index in [2.05, 4.69) is 19.2 Å². The first kappa shape index (κ1) is 16.4. The first-order chi connectivity index (χ1) is 8.61. The lowest BCUT2D eigenvalue weighted by atomic mass is 10.0. The molecule has 2 atom stereocenters. The smallest absolute Gasteiger partial charge is 0.241 e. The molecular weight excluding hydrogens is 264 g/mol. The highest BCUT2D eigenvalue weighted by atomic mass is 32.2. The molecule has 0 aliphatic carbocycles. The van der Waals surface area contributed by atoms with E-state index in [1.807, 2.05) is 13.8 Å². The fourth-order valence-corrected chi connectivity index (χ4v) is 2.88. The number of rotatable bonds is 6. The van der Waals surface area contributed by atoms with E-state index in [0.29, 0.717) is 5.92 Å². The van der Waals surface area contributed by atoms with Gasteiger partial charge in [0.2, 0.25) is 5.91 Å². The van der Waals surface area contributed by atoms with Crippen molar-refractivity contribution in [3.05, 3.63) is 0 Å². The van der Waals surface area contributed by atoms with Gasteiger partial charge in [-0.2, -0.15) is 0 Å². The van der Waals surface area contributed by atoms with Crippen LogP contribution in [0.3, 0.4) is 0 Å². The molecule has 0 radical (unpaired) electrons. The Bertz CT molecular complexity index is 418. The molecule has 1 aliphatic heterocycles. The Balaban J connectivity index is 2.79. The monoisotopic (exact) mass is 290 g/mol. The largest absolute Gasteiger partial charge is 0.325 e. The third kappa shape index (κ3) is 4.76.